The number of hydrogen-bond donors (Lipinski definition) is 1. The lowest BCUT2D eigenvalue weighted by Crippen LogP contribution is -2.50. The Hall–Kier alpha value is -0.980. The summed E-state index contributed by atoms with van der Waals surface area (Å²) in [6.07, 6.45) is 6.74. The molecule has 0 radical (unpaired) electrons. The highest BCUT2D eigenvalue weighted by Crippen LogP contribution is 2.22. The number of aromatic nitrogens is 1. The fourth-order valence-electron chi connectivity index (χ4n) is 2.73. The first-order valence-corrected chi connectivity index (χ1v) is 8.93. The molecule has 0 amide bonds. The summed E-state index contributed by atoms with van der Waals surface area (Å²) in [7, 11) is -3.06. The van der Waals surface area contributed by atoms with E-state index in [1.54, 1.807) is 16.7 Å². The predicted molar refractivity (Wildman–Crippen MR) is 79.7 cm³/mol. The third-order valence-electron chi connectivity index (χ3n) is 4.01. The van der Waals surface area contributed by atoms with Crippen molar-refractivity contribution in [1.82, 2.24) is 14.6 Å². The second-order valence-electron chi connectivity index (χ2n) is 5.42. The van der Waals surface area contributed by atoms with Crippen LogP contribution >= 0.6 is 0 Å². The van der Waals surface area contributed by atoms with Gasteiger partial charge in [-0.15, -0.1) is 0 Å². The SMILES string of the molecule is CC[C@H]1CN(S(C)(=O)=O)CC[C@@H]1NCc1ccncc1. The highest BCUT2D eigenvalue weighted by molar-refractivity contribution is 7.88. The van der Waals surface area contributed by atoms with E-state index in [1.165, 1.54) is 11.8 Å². The summed E-state index contributed by atoms with van der Waals surface area (Å²) in [5.74, 6) is 0.375. The van der Waals surface area contributed by atoms with Crippen LogP contribution in [-0.4, -0.2) is 43.1 Å². The molecule has 1 aliphatic heterocycles. The van der Waals surface area contributed by atoms with Crippen LogP contribution in [0.25, 0.3) is 0 Å². The van der Waals surface area contributed by atoms with Gasteiger partial charge in [0.1, 0.15) is 0 Å². The number of nitrogens with one attached hydrogen (secondary N) is 1. The van der Waals surface area contributed by atoms with Crippen molar-refractivity contribution in [2.45, 2.75) is 32.4 Å². The molecule has 2 atom stereocenters. The van der Waals surface area contributed by atoms with Crippen LogP contribution in [0.2, 0.25) is 0 Å². The summed E-state index contributed by atoms with van der Waals surface area (Å²) >= 11 is 0. The third kappa shape index (κ3) is 4.01. The fraction of sp³-hybridized carbons (Fsp3) is 0.643. The molecule has 1 N–H and O–H groups in total. The Bertz CT molecular complexity index is 518. The molecule has 1 fully saturated rings. The van der Waals surface area contributed by atoms with Gasteiger partial charge in [-0.1, -0.05) is 13.3 Å². The van der Waals surface area contributed by atoms with E-state index in [0.29, 0.717) is 25.0 Å². The number of piperidine rings is 1. The van der Waals surface area contributed by atoms with Crippen molar-refractivity contribution in [3.8, 4) is 0 Å². The summed E-state index contributed by atoms with van der Waals surface area (Å²) in [6, 6.07) is 4.38. The Balaban J connectivity index is 1.93. The first kappa shape index (κ1) is 15.4. The van der Waals surface area contributed by atoms with E-state index in [-0.39, 0.29) is 0 Å². The van der Waals surface area contributed by atoms with Gasteiger partial charge in [-0.3, -0.25) is 4.98 Å². The van der Waals surface area contributed by atoms with Crippen LogP contribution in [0.1, 0.15) is 25.3 Å². The molecule has 2 rings (SSSR count). The average Bonchev–Trinajstić information content (AvgIpc) is 2.45. The van der Waals surface area contributed by atoms with Gasteiger partial charge in [-0.05, 0) is 30.0 Å². The van der Waals surface area contributed by atoms with Gasteiger partial charge in [-0.2, -0.15) is 0 Å². The quantitative estimate of drug-likeness (QED) is 0.888. The molecule has 0 bridgehead atoms. The zero-order valence-electron chi connectivity index (χ0n) is 12.1. The molecule has 0 unspecified atom stereocenters. The summed E-state index contributed by atoms with van der Waals surface area (Å²) in [4.78, 5) is 4.01. The van der Waals surface area contributed by atoms with E-state index >= 15 is 0 Å². The second kappa shape index (κ2) is 6.65. The van der Waals surface area contributed by atoms with Crippen LogP contribution in [0.15, 0.2) is 24.5 Å². The molecule has 1 aromatic rings. The zero-order chi connectivity index (χ0) is 14.6. The molecule has 6 heteroatoms. The van der Waals surface area contributed by atoms with Crippen molar-refractivity contribution in [2.24, 2.45) is 5.92 Å². The van der Waals surface area contributed by atoms with Crippen molar-refractivity contribution in [3.05, 3.63) is 30.1 Å². The lowest BCUT2D eigenvalue weighted by molar-refractivity contribution is 0.202. The number of rotatable bonds is 5. The minimum atomic E-state index is -3.06. The summed E-state index contributed by atoms with van der Waals surface area (Å²) in [5, 5.41) is 3.56. The third-order valence-corrected chi connectivity index (χ3v) is 5.28. The van der Waals surface area contributed by atoms with Crippen molar-refractivity contribution < 1.29 is 8.42 Å². The summed E-state index contributed by atoms with van der Waals surface area (Å²) < 4.78 is 24.9. The van der Waals surface area contributed by atoms with Gasteiger partial charge in [0.15, 0.2) is 0 Å². The lowest BCUT2D eigenvalue weighted by atomic mass is 9.91. The van der Waals surface area contributed by atoms with Crippen LogP contribution in [0, 0.1) is 5.92 Å². The van der Waals surface area contributed by atoms with Crippen LogP contribution in [0.5, 0.6) is 0 Å². The highest BCUT2D eigenvalue weighted by atomic mass is 32.2. The standard InChI is InChI=1S/C14H23N3O2S/c1-3-13-11-17(20(2,18)19)9-6-14(13)16-10-12-4-7-15-8-5-12/h4-5,7-8,13-14,16H,3,6,9-11H2,1-2H3/t13-,14-/m0/s1. The Kier molecular flexibility index (Phi) is 5.12. The van der Waals surface area contributed by atoms with Crippen LogP contribution in [-0.2, 0) is 16.6 Å². The molecular formula is C14H23N3O2S. The Labute approximate surface area is 121 Å². The number of nitrogens with zero attached hydrogens (tertiary/aromatic N) is 2. The molecular weight excluding hydrogens is 274 g/mol. The first-order chi connectivity index (χ1) is 9.50. The molecule has 0 aromatic carbocycles. The van der Waals surface area contributed by atoms with Crippen molar-refractivity contribution in [3.63, 3.8) is 0 Å². The van der Waals surface area contributed by atoms with E-state index in [2.05, 4.69) is 17.2 Å². The second-order valence-corrected chi connectivity index (χ2v) is 7.40. The molecule has 0 saturated carbocycles. The topological polar surface area (TPSA) is 62.3 Å². The maximum Gasteiger partial charge on any atom is 0.211 e. The number of hydrogen-bond acceptors (Lipinski definition) is 4. The van der Waals surface area contributed by atoms with Crippen LogP contribution in [0.3, 0.4) is 0 Å². The molecule has 1 aliphatic rings. The molecule has 1 aromatic heterocycles. The Morgan fingerprint density at radius 1 is 1.40 bits per heavy atom. The molecule has 0 aliphatic carbocycles. The Morgan fingerprint density at radius 2 is 2.10 bits per heavy atom. The van der Waals surface area contributed by atoms with Gasteiger partial charge in [0, 0.05) is 38.1 Å². The minimum absolute atomic E-state index is 0.375. The first-order valence-electron chi connectivity index (χ1n) is 7.08. The van der Waals surface area contributed by atoms with Crippen molar-refractivity contribution in [1.29, 1.82) is 0 Å². The molecule has 112 valence electrons. The van der Waals surface area contributed by atoms with Crippen LogP contribution < -0.4 is 5.32 Å². The van der Waals surface area contributed by atoms with Gasteiger partial charge >= 0.3 is 0 Å². The Morgan fingerprint density at radius 3 is 2.70 bits per heavy atom. The molecule has 5 nitrogen and oxygen atoms in total. The van der Waals surface area contributed by atoms with Gasteiger partial charge in [0.05, 0.1) is 6.26 Å². The van der Waals surface area contributed by atoms with E-state index in [4.69, 9.17) is 0 Å². The molecule has 2 heterocycles. The summed E-state index contributed by atoms with van der Waals surface area (Å²) in [5.41, 5.74) is 1.21. The van der Waals surface area contributed by atoms with E-state index in [9.17, 15) is 8.42 Å². The average molecular weight is 297 g/mol. The smallest absolute Gasteiger partial charge is 0.211 e. The van der Waals surface area contributed by atoms with Gasteiger partial charge in [0.2, 0.25) is 10.0 Å². The highest BCUT2D eigenvalue weighted by Gasteiger charge is 2.31. The maximum absolute atomic E-state index is 11.6. The lowest BCUT2D eigenvalue weighted by Gasteiger charge is -2.37. The normalized spacial score (nSPS) is 24.7. The molecule has 20 heavy (non-hydrogen) atoms. The molecule has 1 saturated heterocycles. The molecule has 0 spiro atoms. The van der Waals surface area contributed by atoms with E-state index in [0.717, 1.165) is 19.4 Å². The van der Waals surface area contributed by atoms with Crippen LogP contribution in [0.4, 0.5) is 0 Å². The largest absolute Gasteiger partial charge is 0.310 e. The zero-order valence-corrected chi connectivity index (χ0v) is 12.9. The van der Waals surface area contributed by atoms with Crippen molar-refractivity contribution in [2.75, 3.05) is 19.3 Å². The predicted octanol–water partition coefficient (Wildman–Crippen LogP) is 1.23. The van der Waals surface area contributed by atoms with Gasteiger partial charge < -0.3 is 5.32 Å². The fourth-order valence-corrected chi connectivity index (χ4v) is 3.63. The summed E-state index contributed by atoms with van der Waals surface area (Å²) in [6.45, 7) is 4.17. The van der Waals surface area contributed by atoms with Gasteiger partial charge in [0.25, 0.3) is 0 Å². The number of sulfonamides is 1. The van der Waals surface area contributed by atoms with E-state index < -0.39 is 10.0 Å². The van der Waals surface area contributed by atoms with Gasteiger partial charge in [-0.25, -0.2) is 12.7 Å². The van der Waals surface area contributed by atoms with Crippen molar-refractivity contribution >= 4 is 10.0 Å². The van der Waals surface area contributed by atoms with E-state index in [1.807, 2.05) is 12.1 Å². The number of pyridine rings is 1. The minimum Gasteiger partial charge on any atom is -0.310 e. The monoisotopic (exact) mass is 297 g/mol. The maximum atomic E-state index is 11.6.